The van der Waals surface area contributed by atoms with E-state index in [0.717, 1.165) is 11.3 Å². The number of amides is 2. The van der Waals surface area contributed by atoms with Crippen molar-refractivity contribution in [1.29, 1.82) is 0 Å². The zero-order valence-corrected chi connectivity index (χ0v) is 13.3. The fourth-order valence-corrected chi connectivity index (χ4v) is 2.95. The number of thiophene rings is 1. The highest BCUT2D eigenvalue weighted by molar-refractivity contribution is 7.09. The van der Waals surface area contributed by atoms with Crippen LogP contribution in [0.5, 0.6) is 6.01 Å². The SMILES string of the molecule is O=C(NCc1cccs1)N1CC[C@H](Oc2ncc(Cl)cn2)C1. The van der Waals surface area contributed by atoms with Gasteiger partial charge in [-0.3, -0.25) is 0 Å². The van der Waals surface area contributed by atoms with Crippen molar-refractivity contribution in [3.63, 3.8) is 0 Å². The molecule has 1 saturated heterocycles. The number of halogens is 1. The van der Waals surface area contributed by atoms with Crippen LogP contribution in [0, 0.1) is 0 Å². The third kappa shape index (κ3) is 3.86. The number of likely N-dealkylation sites (tertiary alicyclic amines) is 1. The molecule has 6 nitrogen and oxygen atoms in total. The molecule has 22 heavy (non-hydrogen) atoms. The number of nitrogens with zero attached hydrogens (tertiary/aromatic N) is 3. The van der Waals surface area contributed by atoms with E-state index in [1.807, 2.05) is 17.5 Å². The zero-order valence-electron chi connectivity index (χ0n) is 11.7. The predicted octanol–water partition coefficient (Wildman–Crippen LogP) is 2.55. The molecule has 1 atom stereocenters. The number of nitrogens with one attached hydrogen (secondary N) is 1. The predicted molar refractivity (Wildman–Crippen MR) is 84.2 cm³/mol. The number of carbonyl (C=O) groups is 1. The van der Waals surface area contributed by atoms with Gasteiger partial charge in [-0.1, -0.05) is 17.7 Å². The van der Waals surface area contributed by atoms with Crippen molar-refractivity contribution in [2.24, 2.45) is 0 Å². The summed E-state index contributed by atoms with van der Waals surface area (Å²) in [6, 6.07) is 4.18. The van der Waals surface area contributed by atoms with Gasteiger partial charge in [0.25, 0.3) is 0 Å². The van der Waals surface area contributed by atoms with Crippen LogP contribution in [-0.4, -0.2) is 40.1 Å². The Morgan fingerprint density at radius 2 is 2.32 bits per heavy atom. The Morgan fingerprint density at radius 1 is 1.50 bits per heavy atom. The van der Waals surface area contributed by atoms with E-state index in [1.54, 1.807) is 16.2 Å². The van der Waals surface area contributed by atoms with Crippen LogP contribution in [0.2, 0.25) is 5.02 Å². The molecule has 2 aromatic rings. The van der Waals surface area contributed by atoms with Gasteiger partial charge >= 0.3 is 12.0 Å². The Kier molecular flexibility index (Phi) is 4.74. The number of carbonyl (C=O) groups excluding carboxylic acids is 1. The van der Waals surface area contributed by atoms with Crippen molar-refractivity contribution in [2.45, 2.75) is 19.1 Å². The fraction of sp³-hybridized carbons (Fsp3) is 0.357. The summed E-state index contributed by atoms with van der Waals surface area (Å²) in [5.41, 5.74) is 0. The Morgan fingerprint density at radius 3 is 3.05 bits per heavy atom. The van der Waals surface area contributed by atoms with Crippen LogP contribution < -0.4 is 10.1 Å². The molecular weight excluding hydrogens is 324 g/mol. The van der Waals surface area contributed by atoms with E-state index < -0.39 is 0 Å². The molecule has 2 aromatic heterocycles. The van der Waals surface area contributed by atoms with E-state index in [9.17, 15) is 4.79 Å². The minimum Gasteiger partial charge on any atom is -0.458 e. The van der Waals surface area contributed by atoms with Crippen molar-refractivity contribution < 1.29 is 9.53 Å². The van der Waals surface area contributed by atoms with Crippen LogP contribution in [0.15, 0.2) is 29.9 Å². The summed E-state index contributed by atoms with van der Waals surface area (Å²) in [6.07, 6.45) is 3.65. The topological polar surface area (TPSA) is 67.4 Å². The molecule has 1 fully saturated rings. The monoisotopic (exact) mass is 338 g/mol. The minimum atomic E-state index is -0.0892. The highest BCUT2D eigenvalue weighted by atomic mass is 35.5. The number of ether oxygens (including phenoxy) is 1. The molecular formula is C14H15ClN4O2S. The molecule has 116 valence electrons. The summed E-state index contributed by atoms with van der Waals surface area (Å²) < 4.78 is 5.66. The molecule has 0 radical (unpaired) electrons. The van der Waals surface area contributed by atoms with Gasteiger partial charge in [-0.15, -0.1) is 11.3 Å². The highest BCUT2D eigenvalue weighted by Gasteiger charge is 2.28. The van der Waals surface area contributed by atoms with Crippen LogP contribution in [0.3, 0.4) is 0 Å². The summed E-state index contributed by atoms with van der Waals surface area (Å²) in [7, 11) is 0. The van der Waals surface area contributed by atoms with Crippen molar-refractivity contribution in [1.82, 2.24) is 20.2 Å². The van der Waals surface area contributed by atoms with E-state index >= 15 is 0 Å². The van der Waals surface area contributed by atoms with Crippen molar-refractivity contribution in [3.05, 3.63) is 39.8 Å². The largest absolute Gasteiger partial charge is 0.458 e. The number of urea groups is 1. The van der Waals surface area contributed by atoms with Gasteiger partial charge in [0.1, 0.15) is 6.10 Å². The summed E-state index contributed by atoms with van der Waals surface area (Å²) in [4.78, 5) is 23.0. The molecule has 1 N–H and O–H groups in total. The maximum absolute atomic E-state index is 12.1. The summed E-state index contributed by atoms with van der Waals surface area (Å²) in [6.45, 7) is 1.75. The average molecular weight is 339 g/mol. The molecule has 0 aliphatic carbocycles. The molecule has 0 saturated carbocycles. The van der Waals surface area contributed by atoms with E-state index in [0.29, 0.717) is 24.7 Å². The smallest absolute Gasteiger partial charge is 0.317 e. The van der Waals surface area contributed by atoms with E-state index in [2.05, 4.69) is 15.3 Å². The van der Waals surface area contributed by atoms with Crippen LogP contribution in [0.25, 0.3) is 0 Å². The lowest BCUT2D eigenvalue weighted by Gasteiger charge is -2.17. The third-order valence-electron chi connectivity index (χ3n) is 3.29. The molecule has 2 amide bonds. The molecule has 3 heterocycles. The third-order valence-corrected chi connectivity index (χ3v) is 4.37. The molecule has 1 aliphatic rings. The van der Waals surface area contributed by atoms with Crippen LogP contribution >= 0.6 is 22.9 Å². The van der Waals surface area contributed by atoms with Crippen LogP contribution in [0.4, 0.5) is 4.79 Å². The van der Waals surface area contributed by atoms with Gasteiger partial charge in [0.05, 0.1) is 30.5 Å². The lowest BCUT2D eigenvalue weighted by molar-refractivity contribution is 0.178. The van der Waals surface area contributed by atoms with Gasteiger partial charge in [-0.25, -0.2) is 14.8 Å². The number of aromatic nitrogens is 2. The molecule has 0 unspecified atom stereocenters. The number of hydrogen-bond donors (Lipinski definition) is 1. The molecule has 1 aliphatic heterocycles. The Labute approximate surface area is 137 Å². The second-order valence-electron chi connectivity index (χ2n) is 4.90. The molecule has 8 heteroatoms. The average Bonchev–Trinajstić information content (AvgIpc) is 3.19. The summed E-state index contributed by atoms with van der Waals surface area (Å²) in [5, 5.41) is 5.37. The lowest BCUT2D eigenvalue weighted by atomic mass is 10.3. The highest BCUT2D eigenvalue weighted by Crippen LogP contribution is 2.16. The van der Waals surface area contributed by atoms with Gasteiger partial charge in [0.15, 0.2) is 0 Å². The summed E-state index contributed by atoms with van der Waals surface area (Å²) >= 11 is 7.35. The van der Waals surface area contributed by atoms with E-state index in [4.69, 9.17) is 16.3 Å². The van der Waals surface area contributed by atoms with Crippen LogP contribution in [0.1, 0.15) is 11.3 Å². The Bertz CT molecular complexity index is 620. The van der Waals surface area contributed by atoms with Gasteiger partial charge in [0.2, 0.25) is 0 Å². The van der Waals surface area contributed by atoms with Gasteiger partial charge < -0.3 is 15.0 Å². The summed E-state index contributed by atoms with van der Waals surface area (Å²) in [5.74, 6) is 0. The quantitative estimate of drug-likeness (QED) is 0.930. The molecule has 0 spiro atoms. The normalized spacial score (nSPS) is 17.5. The van der Waals surface area contributed by atoms with Crippen LogP contribution in [-0.2, 0) is 6.54 Å². The van der Waals surface area contributed by atoms with Gasteiger partial charge in [-0.05, 0) is 11.4 Å². The lowest BCUT2D eigenvalue weighted by Crippen LogP contribution is -2.39. The first-order chi connectivity index (χ1) is 10.7. The first kappa shape index (κ1) is 15.1. The number of hydrogen-bond acceptors (Lipinski definition) is 5. The standard InChI is InChI=1S/C14H15ClN4O2S/c15-10-6-16-13(17-7-10)21-11-3-4-19(9-11)14(20)18-8-12-2-1-5-22-12/h1-2,5-7,11H,3-4,8-9H2,(H,18,20)/t11-/m0/s1. The minimum absolute atomic E-state index is 0.0727. The first-order valence-corrected chi connectivity index (χ1v) is 8.16. The second-order valence-corrected chi connectivity index (χ2v) is 6.37. The second kappa shape index (κ2) is 6.93. The molecule has 3 rings (SSSR count). The number of rotatable bonds is 4. The molecule has 0 bridgehead atoms. The Balaban J connectivity index is 1.47. The fourth-order valence-electron chi connectivity index (χ4n) is 2.21. The zero-order chi connectivity index (χ0) is 15.4. The van der Waals surface area contributed by atoms with Gasteiger partial charge in [0, 0.05) is 17.8 Å². The van der Waals surface area contributed by atoms with Crippen molar-refractivity contribution in [3.8, 4) is 6.01 Å². The Hall–Kier alpha value is -1.86. The molecule has 0 aromatic carbocycles. The van der Waals surface area contributed by atoms with Crippen molar-refractivity contribution in [2.75, 3.05) is 13.1 Å². The first-order valence-electron chi connectivity index (χ1n) is 6.90. The van der Waals surface area contributed by atoms with Crippen molar-refractivity contribution >= 4 is 29.0 Å². The maximum atomic E-state index is 12.1. The van der Waals surface area contributed by atoms with E-state index in [1.165, 1.54) is 12.4 Å². The van der Waals surface area contributed by atoms with Gasteiger partial charge in [-0.2, -0.15) is 0 Å². The maximum Gasteiger partial charge on any atom is 0.317 e. The van der Waals surface area contributed by atoms with E-state index in [-0.39, 0.29) is 18.1 Å².